The van der Waals surface area contributed by atoms with Gasteiger partial charge in [-0.05, 0) is 18.9 Å². The first-order valence-corrected chi connectivity index (χ1v) is 6.09. The Kier molecular flexibility index (Phi) is 5.36. The molecule has 0 radical (unpaired) electrons. The van der Waals surface area contributed by atoms with Gasteiger partial charge in [-0.3, -0.25) is 0 Å². The van der Waals surface area contributed by atoms with Crippen LogP contribution in [0.1, 0.15) is 25.8 Å². The fourth-order valence-corrected chi connectivity index (χ4v) is 1.49. The largest absolute Gasteiger partial charge is 0.467 e. The lowest BCUT2D eigenvalue weighted by molar-refractivity contribution is -0.147. The van der Waals surface area contributed by atoms with Gasteiger partial charge in [0.2, 0.25) is 0 Å². The number of hydrogen-bond acceptors (Lipinski definition) is 4. The second-order valence-electron chi connectivity index (χ2n) is 4.36. The van der Waals surface area contributed by atoms with Gasteiger partial charge in [0.1, 0.15) is 12.1 Å². The highest BCUT2D eigenvalue weighted by Crippen LogP contribution is 2.12. The number of alkyl carbamates (subject to hydrolysis) is 1. The molecule has 0 spiro atoms. The molecule has 1 N–H and O–H groups in total. The number of nitrogens with one attached hydrogen (secondary N) is 1. The van der Waals surface area contributed by atoms with Crippen molar-refractivity contribution in [3.8, 4) is 0 Å². The number of esters is 1. The number of ether oxygens (including phenoxy) is 2. The first-order chi connectivity index (χ1) is 9.01. The monoisotopic (exact) mass is 265 g/mol. The molecule has 1 aromatic rings. The summed E-state index contributed by atoms with van der Waals surface area (Å²) in [6, 6.07) is 9.32. The Morgan fingerprint density at radius 2 is 1.89 bits per heavy atom. The Bertz CT molecular complexity index is 432. The summed E-state index contributed by atoms with van der Waals surface area (Å²) in [5.41, 5.74) is -0.184. The highest BCUT2D eigenvalue weighted by Gasteiger charge is 2.34. The minimum Gasteiger partial charge on any atom is -0.467 e. The van der Waals surface area contributed by atoms with E-state index in [1.807, 2.05) is 30.3 Å². The van der Waals surface area contributed by atoms with E-state index in [1.165, 1.54) is 7.11 Å². The van der Waals surface area contributed by atoms with E-state index in [9.17, 15) is 9.59 Å². The Balaban J connectivity index is 2.52. The zero-order chi connectivity index (χ0) is 14.3. The van der Waals surface area contributed by atoms with E-state index >= 15 is 0 Å². The number of methoxy groups -OCH3 is 1. The van der Waals surface area contributed by atoms with Crippen molar-refractivity contribution in [2.24, 2.45) is 0 Å². The van der Waals surface area contributed by atoms with Crippen LogP contribution in [0.2, 0.25) is 0 Å². The van der Waals surface area contributed by atoms with E-state index < -0.39 is 17.6 Å². The molecule has 1 aromatic carbocycles. The van der Waals surface area contributed by atoms with Crippen LogP contribution in [0.5, 0.6) is 0 Å². The normalized spacial score (nSPS) is 13.2. The molecule has 0 heterocycles. The third-order valence-electron chi connectivity index (χ3n) is 2.93. The maximum atomic E-state index is 11.7. The number of carbonyl (C=O) groups is 2. The van der Waals surface area contributed by atoms with Crippen LogP contribution < -0.4 is 5.32 Å². The van der Waals surface area contributed by atoms with Gasteiger partial charge >= 0.3 is 12.1 Å². The highest BCUT2D eigenvalue weighted by atomic mass is 16.6. The minimum atomic E-state index is -1.07. The van der Waals surface area contributed by atoms with E-state index in [0.717, 1.165) is 5.56 Å². The molecule has 1 unspecified atom stereocenters. The van der Waals surface area contributed by atoms with Crippen LogP contribution in [0, 0.1) is 0 Å². The van der Waals surface area contributed by atoms with Crippen LogP contribution in [0.25, 0.3) is 0 Å². The molecule has 5 nitrogen and oxygen atoms in total. The van der Waals surface area contributed by atoms with E-state index in [1.54, 1.807) is 13.8 Å². The maximum absolute atomic E-state index is 11.7. The van der Waals surface area contributed by atoms with Gasteiger partial charge in [-0.25, -0.2) is 9.59 Å². The van der Waals surface area contributed by atoms with Crippen molar-refractivity contribution in [2.75, 3.05) is 7.11 Å². The summed E-state index contributed by atoms with van der Waals surface area (Å²) in [4.78, 5) is 23.3. The van der Waals surface area contributed by atoms with E-state index in [-0.39, 0.29) is 6.61 Å². The third kappa shape index (κ3) is 4.28. The lowest BCUT2D eigenvalue weighted by Gasteiger charge is -2.25. The van der Waals surface area contributed by atoms with Crippen molar-refractivity contribution < 1.29 is 19.1 Å². The average molecular weight is 265 g/mol. The summed E-state index contributed by atoms with van der Waals surface area (Å²) < 4.78 is 9.72. The summed E-state index contributed by atoms with van der Waals surface area (Å²) in [5, 5.41) is 2.53. The minimum absolute atomic E-state index is 0.160. The standard InChI is InChI=1S/C14H19NO4/c1-4-14(2,12(16)18-3)15-13(17)19-10-11-8-6-5-7-9-11/h5-9H,4,10H2,1-3H3,(H,15,17). The van der Waals surface area contributed by atoms with Gasteiger partial charge < -0.3 is 14.8 Å². The molecular weight excluding hydrogens is 246 g/mol. The molecule has 0 aliphatic heterocycles. The molecule has 1 rings (SSSR count). The topological polar surface area (TPSA) is 64.6 Å². The number of amides is 1. The highest BCUT2D eigenvalue weighted by molar-refractivity contribution is 5.85. The van der Waals surface area contributed by atoms with Gasteiger partial charge in [0, 0.05) is 0 Å². The van der Waals surface area contributed by atoms with Gasteiger partial charge in [0.15, 0.2) is 0 Å². The lowest BCUT2D eigenvalue weighted by Crippen LogP contribution is -2.52. The van der Waals surface area contributed by atoms with Gasteiger partial charge in [-0.2, -0.15) is 0 Å². The first kappa shape index (κ1) is 15.0. The molecule has 0 saturated heterocycles. The molecule has 1 amide bonds. The van der Waals surface area contributed by atoms with E-state index in [0.29, 0.717) is 6.42 Å². The van der Waals surface area contributed by atoms with E-state index in [2.05, 4.69) is 10.1 Å². The molecule has 0 bridgehead atoms. The van der Waals surface area contributed by atoms with Gasteiger partial charge in [-0.1, -0.05) is 37.3 Å². The summed E-state index contributed by atoms with van der Waals surface area (Å²) in [6.45, 7) is 3.55. The molecule has 0 aromatic heterocycles. The van der Waals surface area contributed by atoms with Crippen LogP contribution in [0.15, 0.2) is 30.3 Å². The second kappa shape index (κ2) is 6.78. The molecule has 0 aliphatic carbocycles. The van der Waals surface area contributed by atoms with Crippen LogP contribution in [-0.4, -0.2) is 24.7 Å². The Labute approximate surface area is 112 Å². The fraction of sp³-hybridized carbons (Fsp3) is 0.429. The van der Waals surface area contributed by atoms with Gasteiger partial charge in [0.25, 0.3) is 0 Å². The fourth-order valence-electron chi connectivity index (χ4n) is 1.49. The molecule has 5 heteroatoms. The quantitative estimate of drug-likeness (QED) is 0.829. The zero-order valence-corrected chi connectivity index (χ0v) is 11.4. The summed E-state index contributed by atoms with van der Waals surface area (Å²) in [6.07, 6.45) is -0.223. The number of hydrogen-bond donors (Lipinski definition) is 1. The summed E-state index contributed by atoms with van der Waals surface area (Å²) in [5.74, 6) is -0.494. The van der Waals surface area contributed by atoms with Crippen LogP contribution in [-0.2, 0) is 20.9 Å². The predicted octanol–water partition coefficient (Wildman–Crippen LogP) is 2.25. The average Bonchev–Trinajstić information content (AvgIpc) is 2.45. The summed E-state index contributed by atoms with van der Waals surface area (Å²) >= 11 is 0. The van der Waals surface area contributed by atoms with Crippen molar-refractivity contribution in [1.29, 1.82) is 0 Å². The number of benzene rings is 1. The SMILES string of the molecule is CCC(C)(NC(=O)OCc1ccccc1)C(=O)OC. The summed E-state index contributed by atoms with van der Waals surface area (Å²) in [7, 11) is 1.28. The Morgan fingerprint density at radius 1 is 1.26 bits per heavy atom. The van der Waals surface area contributed by atoms with Crippen molar-refractivity contribution >= 4 is 12.1 Å². The Hall–Kier alpha value is -2.04. The van der Waals surface area contributed by atoms with Gasteiger partial charge in [-0.15, -0.1) is 0 Å². The predicted molar refractivity (Wildman–Crippen MR) is 70.5 cm³/mol. The molecule has 19 heavy (non-hydrogen) atoms. The first-order valence-electron chi connectivity index (χ1n) is 6.09. The maximum Gasteiger partial charge on any atom is 0.408 e. The zero-order valence-electron chi connectivity index (χ0n) is 11.4. The molecular formula is C14H19NO4. The number of carbonyl (C=O) groups excluding carboxylic acids is 2. The van der Waals surface area contributed by atoms with Gasteiger partial charge in [0.05, 0.1) is 7.11 Å². The van der Waals surface area contributed by atoms with Crippen LogP contribution >= 0.6 is 0 Å². The van der Waals surface area contributed by atoms with Crippen LogP contribution in [0.3, 0.4) is 0 Å². The lowest BCUT2D eigenvalue weighted by atomic mass is 10.00. The van der Waals surface area contributed by atoms with Crippen molar-refractivity contribution in [3.63, 3.8) is 0 Å². The van der Waals surface area contributed by atoms with Crippen LogP contribution in [0.4, 0.5) is 4.79 Å². The molecule has 0 saturated carbocycles. The molecule has 1 atom stereocenters. The third-order valence-corrected chi connectivity index (χ3v) is 2.93. The molecule has 104 valence electrons. The molecule has 0 fully saturated rings. The smallest absolute Gasteiger partial charge is 0.408 e. The van der Waals surface area contributed by atoms with Crippen molar-refractivity contribution in [3.05, 3.63) is 35.9 Å². The molecule has 0 aliphatic rings. The van der Waals surface area contributed by atoms with Crippen molar-refractivity contribution in [2.45, 2.75) is 32.4 Å². The second-order valence-corrected chi connectivity index (χ2v) is 4.36. The number of rotatable bonds is 5. The Morgan fingerprint density at radius 3 is 2.42 bits per heavy atom. The van der Waals surface area contributed by atoms with E-state index in [4.69, 9.17) is 4.74 Å². The van der Waals surface area contributed by atoms with Crippen molar-refractivity contribution in [1.82, 2.24) is 5.32 Å².